The van der Waals surface area contributed by atoms with Crippen LogP contribution in [0.2, 0.25) is 0 Å². The van der Waals surface area contributed by atoms with E-state index < -0.39 is 6.10 Å². The summed E-state index contributed by atoms with van der Waals surface area (Å²) in [5.41, 5.74) is 2.37. The number of fused-ring (bicyclic) bond motifs is 1. The molecule has 7 heteroatoms. The topological polar surface area (TPSA) is 70.3 Å². The number of amides is 1. The first-order chi connectivity index (χ1) is 12.6. The van der Waals surface area contributed by atoms with E-state index in [-0.39, 0.29) is 11.9 Å². The zero-order valence-electron chi connectivity index (χ0n) is 15.2. The first kappa shape index (κ1) is 17.5. The van der Waals surface area contributed by atoms with Gasteiger partial charge in [-0.05, 0) is 31.4 Å². The molecule has 0 radical (unpaired) electrons. The van der Waals surface area contributed by atoms with Crippen molar-refractivity contribution in [2.45, 2.75) is 31.9 Å². The maximum Gasteiger partial charge on any atom is 0.274 e. The summed E-state index contributed by atoms with van der Waals surface area (Å²) < 4.78 is 7.31. The SMILES string of the molecule is Cc1ccc2nc(C(=O)N3CC[C@H](O)[C@@H](N4CCOCC4)CC3)cn2c1. The van der Waals surface area contributed by atoms with Gasteiger partial charge in [0.05, 0.1) is 19.3 Å². The number of pyridine rings is 1. The second kappa shape index (κ2) is 7.34. The van der Waals surface area contributed by atoms with Gasteiger partial charge >= 0.3 is 0 Å². The minimum Gasteiger partial charge on any atom is -0.391 e. The van der Waals surface area contributed by atoms with E-state index in [1.165, 1.54) is 0 Å². The second-order valence-electron chi connectivity index (χ2n) is 7.25. The van der Waals surface area contributed by atoms with Crippen molar-refractivity contribution < 1.29 is 14.6 Å². The number of nitrogens with zero attached hydrogens (tertiary/aromatic N) is 4. The number of aliphatic hydroxyl groups excluding tert-OH is 1. The number of carbonyl (C=O) groups is 1. The fourth-order valence-corrected chi connectivity index (χ4v) is 3.98. The molecule has 2 saturated heterocycles. The molecule has 140 valence electrons. The van der Waals surface area contributed by atoms with Gasteiger partial charge < -0.3 is 19.1 Å². The molecule has 0 aliphatic carbocycles. The van der Waals surface area contributed by atoms with Gasteiger partial charge in [0.2, 0.25) is 0 Å². The molecule has 4 rings (SSSR count). The summed E-state index contributed by atoms with van der Waals surface area (Å²) in [4.78, 5) is 21.5. The first-order valence-electron chi connectivity index (χ1n) is 9.36. The highest BCUT2D eigenvalue weighted by Crippen LogP contribution is 2.20. The minimum absolute atomic E-state index is 0.0545. The molecule has 1 amide bonds. The van der Waals surface area contributed by atoms with E-state index >= 15 is 0 Å². The average molecular weight is 358 g/mol. The molecule has 1 N–H and O–H groups in total. The Labute approximate surface area is 153 Å². The monoisotopic (exact) mass is 358 g/mol. The van der Waals surface area contributed by atoms with Crippen molar-refractivity contribution in [1.82, 2.24) is 19.2 Å². The number of aryl methyl sites for hydroxylation is 1. The van der Waals surface area contributed by atoms with Gasteiger partial charge in [0, 0.05) is 44.6 Å². The zero-order chi connectivity index (χ0) is 18.1. The third-order valence-electron chi connectivity index (χ3n) is 5.45. The van der Waals surface area contributed by atoms with Crippen molar-refractivity contribution in [3.05, 3.63) is 35.8 Å². The van der Waals surface area contributed by atoms with Crippen LogP contribution in [0.3, 0.4) is 0 Å². The predicted octanol–water partition coefficient (Wildman–Crippen LogP) is 0.940. The molecule has 0 unspecified atom stereocenters. The summed E-state index contributed by atoms with van der Waals surface area (Å²) in [6.07, 6.45) is 4.74. The molecular formula is C19H26N4O3. The number of carbonyl (C=O) groups excluding carboxylic acids is 1. The van der Waals surface area contributed by atoms with Gasteiger partial charge in [0.15, 0.2) is 0 Å². The molecule has 2 aliphatic heterocycles. The predicted molar refractivity (Wildman–Crippen MR) is 97.3 cm³/mol. The van der Waals surface area contributed by atoms with E-state index in [9.17, 15) is 9.90 Å². The number of morpholine rings is 1. The van der Waals surface area contributed by atoms with E-state index in [1.807, 2.05) is 34.6 Å². The number of ether oxygens (including phenoxy) is 1. The summed E-state index contributed by atoms with van der Waals surface area (Å²) >= 11 is 0. The lowest BCUT2D eigenvalue weighted by atomic mass is 10.0. The average Bonchev–Trinajstić information content (AvgIpc) is 2.97. The highest BCUT2D eigenvalue weighted by molar-refractivity contribution is 5.93. The van der Waals surface area contributed by atoms with Crippen molar-refractivity contribution >= 4 is 11.6 Å². The molecule has 0 spiro atoms. The van der Waals surface area contributed by atoms with Gasteiger partial charge in [0.25, 0.3) is 5.91 Å². The van der Waals surface area contributed by atoms with Crippen LogP contribution in [-0.2, 0) is 4.74 Å². The Morgan fingerprint density at radius 2 is 1.92 bits per heavy atom. The van der Waals surface area contributed by atoms with Gasteiger partial charge in [-0.2, -0.15) is 0 Å². The lowest BCUT2D eigenvalue weighted by molar-refractivity contribution is -0.0222. The van der Waals surface area contributed by atoms with Crippen LogP contribution in [0.25, 0.3) is 5.65 Å². The second-order valence-corrected chi connectivity index (χ2v) is 7.25. The fourth-order valence-electron chi connectivity index (χ4n) is 3.98. The number of likely N-dealkylation sites (tertiary alicyclic amines) is 1. The summed E-state index contributed by atoms with van der Waals surface area (Å²) in [5, 5.41) is 10.6. The lowest BCUT2D eigenvalue weighted by Crippen LogP contribution is -2.49. The van der Waals surface area contributed by atoms with E-state index in [0.717, 1.165) is 30.7 Å². The minimum atomic E-state index is -0.408. The van der Waals surface area contributed by atoms with E-state index in [2.05, 4.69) is 9.88 Å². The Balaban J connectivity index is 1.47. The van der Waals surface area contributed by atoms with Gasteiger partial charge in [-0.25, -0.2) is 4.98 Å². The Morgan fingerprint density at radius 1 is 1.15 bits per heavy atom. The number of aromatic nitrogens is 2. The lowest BCUT2D eigenvalue weighted by Gasteiger charge is -2.36. The Hall–Kier alpha value is -1.96. The summed E-state index contributed by atoms with van der Waals surface area (Å²) in [6.45, 7) is 6.35. The van der Waals surface area contributed by atoms with Crippen LogP contribution in [0.15, 0.2) is 24.5 Å². The molecule has 2 aromatic rings. The maximum absolute atomic E-state index is 12.9. The molecule has 4 heterocycles. The van der Waals surface area contributed by atoms with Crippen molar-refractivity contribution in [2.24, 2.45) is 0 Å². The Morgan fingerprint density at radius 3 is 2.73 bits per heavy atom. The molecule has 7 nitrogen and oxygen atoms in total. The number of aliphatic hydroxyl groups is 1. The Bertz CT molecular complexity index is 784. The smallest absolute Gasteiger partial charge is 0.274 e. The van der Waals surface area contributed by atoms with Gasteiger partial charge in [-0.1, -0.05) is 6.07 Å². The maximum atomic E-state index is 12.9. The third kappa shape index (κ3) is 3.47. The van der Waals surface area contributed by atoms with Crippen LogP contribution in [0.5, 0.6) is 0 Å². The van der Waals surface area contributed by atoms with Crippen molar-refractivity contribution in [3.63, 3.8) is 0 Å². The van der Waals surface area contributed by atoms with Gasteiger partial charge in [-0.3, -0.25) is 9.69 Å². The summed E-state index contributed by atoms with van der Waals surface area (Å²) in [5.74, 6) is -0.0545. The van der Waals surface area contributed by atoms with Crippen LogP contribution < -0.4 is 0 Å². The number of hydrogen-bond donors (Lipinski definition) is 1. The summed E-state index contributed by atoms with van der Waals surface area (Å²) in [7, 11) is 0. The largest absolute Gasteiger partial charge is 0.391 e. The molecule has 2 aliphatic rings. The normalized spacial score (nSPS) is 25.4. The van der Waals surface area contributed by atoms with E-state index in [0.29, 0.717) is 38.4 Å². The van der Waals surface area contributed by atoms with Crippen LogP contribution in [0.4, 0.5) is 0 Å². The molecule has 2 fully saturated rings. The summed E-state index contributed by atoms with van der Waals surface area (Å²) in [6, 6.07) is 4.01. The van der Waals surface area contributed by atoms with E-state index in [1.54, 1.807) is 6.20 Å². The molecule has 2 atom stereocenters. The first-order valence-corrected chi connectivity index (χ1v) is 9.36. The number of hydrogen-bond acceptors (Lipinski definition) is 5. The quantitative estimate of drug-likeness (QED) is 0.865. The fraction of sp³-hybridized carbons (Fsp3) is 0.579. The van der Waals surface area contributed by atoms with Gasteiger partial charge in [0.1, 0.15) is 11.3 Å². The highest BCUT2D eigenvalue weighted by Gasteiger charge is 2.32. The molecule has 0 saturated carbocycles. The molecule has 2 aromatic heterocycles. The van der Waals surface area contributed by atoms with Crippen LogP contribution in [-0.4, -0.2) is 81.7 Å². The van der Waals surface area contributed by atoms with Crippen molar-refractivity contribution in [1.29, 1.82) is 0 Å². The zero-order valence-corrected chi connectivity index (χ0v) is 15.2. The number of rotatable bonds is 2. The van der Waals surface area contributed by atoms with E-state index in [4.69, 9.17) is 4.74 Å². The van der Waals surface area contributed by atoms with Gasteiger partial charge in [-0.15, -0.1) is 0 Å². The Kier molecular flexibility index (Phi) is 4.93. The molecule has 26 heavy (non-hydrogen) atoms. The van der Waals surface area contributed by atoms with Crippen molar-refractivity contribution in [3.8, 4) is 0 Å². The van der Waals surface area contributed by atoms with Crippen molar-refractivity contribution in [2.75, 3.05) is 39.4 Å². The standard InChI is InChI=1S/C19H26N4O3/c1-14-2-3-18-20-15(13-23(18)12-14)19(25)22-6-4-16(17(24)5-7-22)21-8-10-26-11-9-21/h2-3,12-13,16-17,24H,4-11H2,1H3/t16-,17-/m0/s1. The third-order valence-corrected chi connectivity index (χ3v) is 5.45. The molecule has 0 bridgehead atoms. The van der Waals surface area contributed by atoms with Crippen LogP contribution >= 0.6 is 0 Å². The van der Waals surface area contributed by atoms with Crippen LogP contribution in [0.1, 0.15) is 28.9 Å². The highest BCUT2D eigenvalue weighted by atomic mass is 16.5. The molecule has 0 aromatic carbocycles. The van der Waals surface area contributed by atoms with Crippen LogP contribution in [0, 0.1) is 6.92 Å². The number of imidazole rings is 1. The molecular weight excluding hydrogens is 332 g/mol.